The molecule has 13 heteroatoms. The van der Waals surface area contributed by atoms with Gasteiger partial charge in [-0.1, -0.05) is 0 Å². The summed E-state index contributed by atoms with van der Waals surface area (Å²) in [6, 6.07) is 0. The van der Waals surface area contributed by atoms with Crippen LogP contribution in [0.5, 0.6) is 0 Å². The van der Waals surface area contributed by atoms with Gasteiger partial charge in [-0.25, -0.2) is 9.97 Å². The topological polar surface area (TPSA) is 109 Å². The molecule has 1 amide bonds. The number of hydrogen-bond donors (Lipinski definition) is 0. The van der Waals surface area contributed by atoms with Crippen LogP contribution in [0.15, 0.2) is 0 Å². The Hall–Kier alpha value is -2.54. The molecule has 0 N–H and O–H groups in total. The van der Waals surface area contributed by atoms with Gasteiger partial charge in [0.2, 0.25) is 17.1 Å². The zero-order valence-electron chi connectivity index (χ0n) is 21.4. The third-order valence-corrected chi connectivity index (χ3v) is 6.88. The molecular formula is C23H35ClN8O4. The van der Waals surface area contributed by atoms with Crippen LogP contribution < -0.4 is 14.7 Å². The van der Waals surface area contributed by atoms with Crippen molar-refractivity contribution in [3.05, 3.63) is 5.28 Å². The number of fused-ring (bicyclic) bond motifs is 1. The summed E-state index contributed by atoms with van der Waals surface area (Å²) in [6.45, 7) is 5.11. The minimum Gasteiger partial charge on any atom is -0.383 e. The number of likely N-dealkylation sites (N-methyl/N-ethyl adjacent to an activating group) is 1. The number of piperidine rings is 1. The third kappa shape index (κ3) is 5.88. The molecule has 4 rings (SSSR count). The number of amides is 1. The normalized spacial score (nSPS) is 17.4. The number of ether oxygens (including phenoxy) is 3. The number of piperazine rings is 1. The van der Waals surface area contributed by atoms with Crippen molar-refractivity contribution >= 4 is 46.1 Å². The van der Waals surface area contributed by atoms with Crippen molar-refractivity contribution in [2.75, 3.05) is 102 Å². The first-order chi connectivity index (χ1) is 17.4. The number of rotatable bonds is 10. The Morgan fingerprint density at radius 1 is 0.889 bits per heavy atom. The number of aromatic nitrogens is 4. The van der Waals surface area contributed by atoms with E-state index < -0.39 is 0 Å². The second-order valence-electron chi connectivity index (χ2n) is 8.99. The van der Waals surface area contributed by atoms with Crippen molar-refractivity contribution in [3.8, 4) is 0 Å². The predicted molar refractivity (Wildman–Crippen MR) is 138 cm³/mol. The average Bonchev–Trinajstić information content (AvgIpc) is 2.89. The standard InChI is InChI=1S/C23H35ClN8O4/c1-29-9-10-32(15-17(29)33)21-18-19(26-23(28-21)31(11-13-34-2)12-14-35-3)20(27-22(24)25-18)30-7-5-16(36-4)6-8-30/h16H,5-15H2,1-4H3. The lowest BCUT2D eigenvalue weighted by atomic mass is 10.1. The Morgan fingerprint density at radius 2 is 1.53 bits per heavy atom. The van der Waals surface area contributed by atoms with E-state index >= 15 is 0 Å². The second kappa shape index (κ2) is 12.1. The Labute approximate surface area is 216 Å². The van der Waals surface area contributed by atoms with Gasteiger partial charge in [-0.15, -0.1) is 0 Å². The summed E-state index contributed by atoms with van der Waals surface area (Å²) in [5.74, 6) is 1.78. The maximum atomic E-state index is 12.6. The highest BCUT2D eigenvalue weighted by Crippen LogP contribution is 2.33. The van der Waals surface area contributed by atoms with E-state index in [1.807, 2.05) is 9.80 Å². The second-order valence-corrected chi connectivity index (χ2v) is 9.33. The van der Waals surface area contributed by atoms with Crippen LogP contribution in [0, 0.1) is 0 Å². The van der Waals surface area contributed by atoms with Crippen molar-refractivity contribution < 1.29 is 19.0 Å². The van der Waals surface area contributed by atoms with Crippen molar-refractivity contribution in [2.45, 2.75) is 18.9 Å². The monoisotopic (exact) mass is 522 g/mol. The highest BCUT2D eigenvalue weighted by molar-refractivity contribution is 6.29. The Balaban J connectivity index is 1.83. The zero-order valence-corrected chi connectivity index (χ0v) is 22.2. The van der Waals surface area contributed by atoms with Gasteiger partial charge in [0, 0.05) is 67.6 Å². The number of nitrogens with zero attached hydrogens (tertiary/aromatic N) is 8. The van der Waals surface area contributed by atoms with E-state index in [0.29, 0.717) is 68.0 Å². The minimum atomic E-state index is 0.0206. The zero-order chi connectivity index (χ0) is 25.7. The van der Waals surface area contributed by atoms with Crippen molar-refractivity contribution in [1.82, 2.24) is 24.8 Å². The predicted octanol–water partition coefficient (Wildman–Crippen LogP) is 1.07. The molecule has 0 radical (unpaired) electrons. The molecule has 4 heterocycles. The summed E-state index contributed by atoms with van der Waals surface area (Å²) in [7, 11) is 6.87. The van der Waals surface area contributed by atoms with Crippen LogP contribution in [-0.2, 0) is 19.0 Å². The third-order valence-electron chi connectivity index (χ3n) is 6.71. The van der Waals surface area contributed by atoms with E-state index in [9.17, 15) is 4.79 Å². The molecule has 2 saturated heterocycles. The lowest BCUT2D eigenvalue weighted by molar-refractivity contribution is -0.129. The molecule has 0 aromatic carbocycles. The molecule has 36 heavy (non-hydrogen) atoms. The maximum absolute atomic E-state index is 12.6. The number of hydrogen-bond acceptors (Lipinski definition) is 11. The molecular weight excluding hydrogens is 488 g/mol. The summed E-state index contributed by atoms with van der Waals surface area (Å²) in [5, 5.41) is 0.125. The molecule has 12 nitrogen and oxygen atoms in total. The van der Waals surface area contributed by atoms with Gasteiger partial charge >= 0.3 is 0 Å². The van der Waals surface area contributed by atoms with Crippen molar-refractivity contribution in [1.29, 1.82) is 0 Å². The van der Waals surface area contributed by atoms with E-state index in [0.717, 1.165) is 25.9 Å². The SMILES string of the molecule is COCCN(CCOC)c1nc(N2CCN(C)C(=O)C2)c2nc(Cl)nc(N3CCC(OC)CC3)c2n1. The van der Waals surface area contributed by atoms with Crippen molar-refractivity contribution in [2.24, 2.45) is 0 Å². The Bertz CT molecular complexity index is 1040. The van der Waals surface area contributed by atoms with Gasteiger partial charge in [0.1, 0.15) is 11.0 Å². The molecule has 0 spiro atoms. The number of carbonyl (C=O) groups excluding carboxylic acids is 1. The van der Waals surface area contributed by atoms with Gasteiger partial charge in [0.05, 0.1) is 25.9 Å². The minimum absolute atomic E-state index is 0.0206. The first kappa shape index (κ1) is 26.5. The summed E-state index contributed by atoms with van der Waals surface area (Å²) >= 11 is 6.43. The molecule has 2 fully saturated rings. The number of carbonyl (C=O) groups is 1. The summed E-state index contributed by atoms with van der Waals surface area (Å²) in [6.07, 6.45) is 1.98. The number of anilines is 3. The smallest absolute Gasteiger partial charge is 0.241 e. The van der Waals surface area contributed by atoms with Gasteiger partial charge in [-0.2, -0.15) is 9.97 Å². The van der Waals surface area contributed by atoms with Gasteiger partial charge in [0.25, 0.3) is 0 Å². The van der Waals surface area contributed by atoms with Crippen LogP contribution in [0.2, 0.25) is 5.28 Å². The van der Waals surface area contributed by atoms with E-state index in [-0.39, 0.29) is 23.8 Å². The first-order valence-electron chi connectivity index (χ1n) is 12.2. The first-order valence-corrected chi connectivity index (χ1v) is 12.6. The summed E-state index contributed by atoms with van der Waals surface area (Å²) in [4.78, 5) is 39.5. The van der Waals surface area contributed by atoms with Gasteiger partial charge in [-0.05, 0) is 24.4 Å². The van der Waals surface area contributed by atoms with Crippen LogP contribution in [0.25, 0.3) is 11.0 Å². The molecule has 0 unspecified atom stereocenters. The number of methoxy groups -OCH3 is 3. The average molecular weight is 523 g/mol. The van der Waals surface area contributed by atoms with Crippen LogP contribution in [0.4, 0.5) is 17.6 Å². The van der Waals surface area contributed by atoms with Gasteiger partial charge in [-0.3, -0.25) is 4.79 Å². The highest BCUT2D eigenvalue weighted by Gasteiger charge is 2.29. The van der Waals surface area contributed by atoms with Gasteiger partial charge in [0.15, 0.2) is 11.6 Å². The van der Waals surface area contributed by atoms with Crippen LogP contribution in [0.3, 0.4) is 0 Å². The molecule has 0 saturated carbocycles. The fourth-order valence-corrected chi connectivity index (χ4v) is 4.65. The van der Waals surface area contributed by atoms with Crippen LogP contribution in [0.1, 0.15) is 12.8 Å². The largest absolute Gasteiger partial charge is 0.383 e. The fraction of sp³-hybridized carbons (Fsp3) is 0.696. The van der Waals surface area contributed by atoms with Crippen molar-refractivity contribution in [3.63, 3.8) is 0 Å². The summed E-state index contributed by atoms with van der Waals surface area (Å²) < 4.78 is 16.2. The van der Waals surface area contributed by atoms with Crippen LogP contribution >= 0.6 is 11.6 Å². The van der Waals surface area contributed by atoms with Gasteiger partial charge < -0.3 is 33.8 Å². The van der Waals surface area contributed by atoms with Crippen LogP contribution in [-0.4, -0.2) is 124 Å². The molecule has 198 valence electrons. The molecule has 0 bridgehead atoms. The van der Waals surface area contributed by atoms with E-state index in [4.69, 9.17) is 35.8 Å². The molecule has 2 aliphatic rings. The van der Waals surface area contributed by atoms with E-state index in [1.165, 1.54) is 0 Å². The highest BCUT2D eigenvalue weighted by atomic mass is 35.5. The summed E-state index contributed by atoms with van der Waals surface area (Å²) in [5.41, 5.74) is 1.15. The molecule has 0 atom stereocenters. The Kier molecular flexibility index (Phi) is 8.94. The quantitative estimate of drug-likeness (QED) is 0.418. The lowest BCUT2D eigenvalue weighted by Gasteiger charge is -2.35. The molecule has 2 aromatic heterocycles. The molecule has 0 aliphatic carbocycles. The lowest BCUT2D eigenvalue weighted by Crippen LogP contribution is -2.49. The molecule has 2 aliphatic heterocycles. The number of halogens is 1. The molecule has 2 aromatic rings. The maximum Gasteiger partial charge on any atom is 0.241 e. The van der Waals surface area contributed by atoms with E-state index in [2.05, 4.69) is 14.9 Å². The fourth-order valence-electron chi connectivity index (χ4n) is 4.49. The Morgan fingerprint density at radius 3 is 2.14 bits per heavy atom. The van der Waals surface area contributed by atoms with E-state index in [1.54, 1.807) is 33.3 Å².